The zero-order chi connectivity index (χ0) is 46.3. The molecule has 5 nitrogen and oxygen atoms in total. The molecule has 0 heterocycles. The van der Waals surface area contributed by atoms with Crippen molar-refractivity contribution in [1.82, 2.24) is 0 Å². The minimum atomic E-state index is -0.785. The second-order valence-corrected chi connectivity index (χ2v) is 17.9. The van der Waals surface area contributed by atoms with Crippen molar-refractivity contribution in [2.24, 2.45) is 0 Å². The molecule has 0 radical (unpaired) electrons. The van der Waals surface area contributed by atoms with Crippen LogP contribution in [0.3, 0.4) is 0 Å². The highest BCUT2D eigenvalue weighted by Crippen LogP contribution is 2.17. The quantitative estimate of drug-likeness (QED) is 0.0374. The molecule has 64 heavy (non-hydrogen) atoms. The van der Waals surface area contributed by atoms with Gasteiger partial charge in [0.15, 0.2) is 6.10 Å². The summed E-state index contributed by atoms with van der Waals surface area (Å²) in [5, 5.41) is 9.61. The topological polar surface area (TPSA) is 72.8 Å². The third-order valence-corrected chi connectivity index (χ3v) is 11.7. The molecule has 1 unspecified atom stereocenters. The number of carbonyl (C=O) groups is 2. The van der Waals surface area contributed by atoms with Crippen LogP contribution in [0.4, 0.5) is 0 Å². The summed E-state index contributed by atoms with van der Waals surface area (Å²) in [5.41, 5.74) is 0. The fourth-order valence-electron chi connectivity index (χ4n) is 7.68. The van der Waals surface area contributed by atoms with Gasteiger partial charge in [-0.1, -0.05) is 247 Å². The Kier molecular flexibility index (Phi) is 51.9. The van der Waals surface area contributed by atoms with Crippen molar-refractivity contribution in [2.75, 3.05) is 13.2 Å². The van der Waals surface area contributed by atoms with E-state index in [1.165, 1.54) is 141 Å². The minimum Gasteiger partial charge on any atom is -0.462 e. The lowest BCUT2D eigenvalue weighted by Gasteiger charge is -2.15. The number of unbranched alkanes of at least 4 members (excludes halogenated alkanes) is 27. The lowest BCUT2D eigenvalue weighted by atomic mass is 10.0. The first-order valence-corrected chi connectivity index (χ1v) is 27.1. The second-order valence-electron chi connectivity index (χ2n) is 17.9. The minimum absolute atomic E-state index is 0.0813. The van der Waals surface area contributed by atoms with E-state index in [0.29, 0.717) is 12.8 Å². The van der Waals surface area contributed by atoms with Crippen LogP contribution in [0.2, 0.25) is 0 Å². The van der Waals surface area contributed by atoms with Crippen LogP contribution in [0.15, 0.2) is 85.1 Å². The number of ether oxygens (including phenoxy) is 2. The van der Waals surface area contributed by atoms with Gasteiger partial charge in [0.1, 0.15) is 6.61 Å². The molecule has 0 rings (SSSR count). The molecule has 0 aliphatic rings. The van der Waals surface area contributed by atoms with Crippen molar-refractivity contribution < 1.29 is 24.2 Å². The number of allylic oxidation sites excluding steroid dienone is 14. The zero-order valence-corrected chi connectivity index (χ0v) is 42.0. The van der Waals surface area contributed by atoms with Crippen LogP contribution in [0.1, 0.15) is 258 Å². The number of hydrogen-bond donors (Lipinski definition) is 1. The van der Waals surface area contributed by atoms with Crippen LogP contribution in [0.5, 0.6) is 0 Å². The first-order chi connectivity index (χ1) is 31.6. The average Bonchev–Trinajstić information content (AvgIpc) is 3.30. The predicted octanol–water partition coefficient (Wildman–Crippen LogP) is 18.2. The number of esters is 2. The summed E-state index contributed by atoms with van der Waals surface area (Å²) in [6.07, 6.45) is 75.8. The molecule has 0 saturated heterocycles. The summed E-state index contributed by atoms with van der Waals surface area (Å²) in [4.78, 5) is 24.4. The Hall–Kier alpha value is -2.92. The lowest BCUT2D eigenvalue weighted by molar-refractivity contribution is -0.161. The number of aliphatic hydroxyl groups excluding tert-OH is 1. The Labute approximate surface area is 396 Å². The fourth-order valence-corrected chi connectivity index (χ4v) is 7.68. The third kappa shape index (κ3) is 51.7. The van der Waals surface area contributed by atoms with E-state index in [4.69, 9.17) is 9.47 Å². The smallest absolute Gasteiger partial charge is 0.306 e. The molecule has 0 aromatic rings. The summed E-state index contributed by atoms with van der Waals surface area (Å²) in [7, 11) is 0. The van der Waals surface area contributed by atoms with Crippen molar-refractivity contribution in [1.29, 1.82) is 0 Å². The Balaban J connectivity index is 3.41. The second kappa shape index (κ2) is 54.4. The van der Waals surface area contributed by atoms with Crippen LogP contribution in [0, 0.1) is 0 Å². The molecule has 1 N–H and O–H groups in total. The van der Waals surface area contributed by atoms with Crippen molar-refractivity contribution >= 4 is 11.9 Å². The van der Waals surface area contributed by atoms with Crippen LogP contribution in [-0.4, -0.2) is 36.4 Å². The van der Waals surface area contributed by atoms with Crippen molar-refractivity contribution in [3.05, 3.63) is 85.1 Å². The van der Waals surface area contributed by atoms with Crippen molar-refractivity contribution in [3.8, 4) is 0 Å². The highest BCUT2D eigenvalue weighted by atomic mass is 16.6. The summed E-state index contributed by atoms with van der Waals surface area (Å²) in [6.45, 7) is 3.90. The van der Waals surface area contributed by atoms with Gasteiger partial charge in [0.25, 0.3) is 0 Å². The van der Waals surface area contributed by atoms with Crippen LogP contribution in [-0.2, 0) is 19.1 Å². The van der Waals surface area contributed by atoms with Gasteiger partial charge in [-0.15, -0.1) is 0 Å². The van der Waals surface area contributed by atoms with Gasteiger partial charge in [-0.2, -0.15) is 0 Å². The standard InChI is InChI=1S/C59H102O5/c1-3-5-7-9-11-13-15-17-18-19-20-21-22-23-24-25-26-27-28-29-30-31-32-33-34-35-36-37-38-39-40-42-44-46-48-50-52-54-59(62)64-57(55-60)56-63-58(61)53-51-49-47-45-43-41-16-14-12-10-8-6-4-2/h5-8,11-14,17-18,20-21,41,43,57,60H,3-4,9-10,15-16,19,22-40,42,44-56H2,1-2H3/b7-5-,8-6-,13-11-,14-12-,18-17-,21-20-,43-41-. The monoisotopic (exact) mass is 891 g/mol. The van der Waals surface area contributed by atoms with E-state index >= 15 is 0 Å². The highest BCUT2D eigenvalue weighted by Gasteiger charge is 2.16. The van der Waals surface area contributed by atoms with Gasteiger partial charge in [0.05, 0.1) is 6.61 Å². The van der Waals surface area contributed by atoms with E-state index in [9.17, 15) is 14.7 Å². The van der Waals surface area contributed by atoms with E-state index in [0.717, 1.165) is 89.9 Å². The first kappa shape index (κ1) is 61.1. The maximum Gasteiger partial charge on any atom is 0.306 e. The van der Waals surface area contributed by atoms with Gasteiger partial charge in [-0.3, -0.25) is 9.59 Å². The molecule has 0 bridgehead atoms. The molecule has 5 heteroatoms. The molecule has 1 atom stereocenters. The van der Waals surface area contributed by atoms with E-state index in [1.54, 1.807) is 0 Å². The fraction of sp³-hybridized carbons (Fsp3) is 0.729. The molecule has 0 aromatic carbocycles. The molecule has 0 aliphatic carbocycles. The molecule has 0 spiro atoms. The number of aliphatic hydroxyl groups is 1. The SMILES string of the molecule is CC/C=C\C/C=C\C/C=C\C/C=C\CCCCCCCCCCCCCCCCCCCCCCCCCCC(=O)OC(CO)COC(=O)CCCCC/C=C\C/C=C\C/C=C\CC. The molecule has 368 valence electrons. The van der Waals surface area contributed by atoms with E-state index in [-0.39, 0.29) is 25.2 Å². The number of rotatable bonds is 49. The van der Waals surface area contributed by atoms with Gasteiger partial charge >= 0.3 is 11.9 Å². The van der Waals surface area contributed by atoms with Gasteiger partial charge in [0.2, 0.25) is 0 Å². The summed E-state index contributed by atoms with van der Waals surface area (Å²) < 4.78 is 10.6. The van der Waals surface area contributed by atoms with Gasteiger partial charge < -0.3 is 14.6 Å². The molecule has 0 aliphatic heterocycles. The zero-order valence-electron chi connectivity index (χ0n) is 42.0. The average molecular weight is 891 g/mol. The van der Waals surface area contributed by atoms with Gasteiger partial charge in [-0.05, 0) is 83.5 Å². The van der Waals surface area contributed by atoms with Crippen LogP contribution < -0.4 is 0 Å². The first-order valence-electron chi connectivity index (χ1n) is 27.1. The van der Waals surface area contributed by atoms with Crippen LogP contribution >= 0.6 is 0 Å². The summed E-state index contributed by atoms with van der Waals surface area (Å²) in [5.74, 6) is -0.620. The Morgan fingerprint density at radius 3 is 0.953 bits per heavy atom. The molecule has 0 saturated carbocycles. The molecular formula is C59H102O5. The molecule has 0 amide bonds. The van der Waals surface area contributed by atoms with Gasteiger partial charge in [-0.25, -0.2) is 0 Å². The summed E-state index contributed by atoms with van der Waals surface area (Å²) >= 11 is 0. The summed E-state index contributed by atoms with van der Waals surface area (Å²) in [6, 6.07) is 0. The van der Waals surface area contributed by atoms with E-state index < -0.39 is 6.10 Å². The van der Waals surface area contributed by atoms with Crippen molar-refractivity contribution in [3.63, 3.8) is 0 Å². The largest absolute Gasteiger partial charge is 0.462 e. The Morgan fingerprint density at radius 2 is 0.625 bits per heavy atom. The third-order valence-electron chi connectivity index (χ3n) is 11.7. The predicted molar refractivity (Wildman–Crippen MR) is 279 cm³/mol. The van der Waals surface area contributed by atoms with E-state index in [1.807, 2.05) is 0 Å². The highest BCUT2D eigenvalue weighted by molar-refractivity contribution is 5.70. The molecule has 0 fully saturated rings. The number of hydrogen-bond acceptors (Lipinski definition) is 5. The maximum absolute atomic E-state index is 12.3. The van der Waals surface area contributed by atoms with Crippen LogP contribution in [0.25, 0.3) is 0 Å². The normalized spacial score (nSPS) is 12.9. The maximum atomic E-state index is 12.3. The number of carbonyl (C=O) groups excluding carboxylic acids is 2. The Morgan fingerprint density at radius 1 is 0.359 bits per heavy atom. The molecular weight excluding hydrogens is 789 g/mol. The molecule has 0 aromatic heterocycles. The van der Waals surface area contributed by atoms with Gasteiger partial charge in [0, 0.05) is 12.8 Å². The van der Waals surface area contributed by atoms with E-state index in [2.05, 4.69) is 98.9 Å². The lowest BCUT2D eigenvalue weighted by Crippen LogP contribution is -2.28. The Bertz CT molecular complexity index is 1190. The van der Waals surface area contributed by atoms with Crippen molar-refractivity contribution in [2.45, 2.75) is 264 Å².